The number of ether oxygens (including phenoxy) is 2. The number of allylic oxidation sites excluding steroid dienone is 3. The molecular formula is C26H37N3O4. The van der Waals surface area contributed by atoms with E-state index in [9.17, 15) is 9.59 Å². The van der Waals surface area contributed by atoms with Crippen molar-refractivity contribution in [2.24, 2.45) is 5.92 Å². The van der Waals surface area contributed by atoms with Crippen LogP contribution in [-0.2, 0) is 10.2 Å². The zero-order valence-corrected chi connectivity index (χ0v) is 20.8. The van der Waals surface area contributed by atoms with Gasteiger partial charge in [-0.25, -0.2) is 9.59 Å². The van der Waals surface area contributed by atoms with Crippen LogP contribution in [0.25, 0.3) is 0 Å². The van der Waals surface area contributed by atoms with Crippen LogP contribution in [-0.4, -0.2) is 37.0 Å². The number of carbonyl (C=O) groups excluding carboxylic acids is 2. The molecule has 2 aliphatic heterocycles. The first-order valence-electron chi connectivity index (χ1n) is 11.6. The van der Waals surface area contributed by atoms with E-state index in [-0.39, 0.29) is 17.7 Å². The van der Waals surface area contributed by atoms with Gasteiger partial charge in [-0.3, -0.25) is 10.2 Å². The zero-order valence-electron chi connectivity index (χ0n) is 20.8. The molecule has 0 aliphatic carbocycles. The van der Waals surface area contributed by atoms with Gasteiger partial charge in [0.2, 0.25) is 0 Å². The maximum absolute atomic E-state index is 13.0. The van der Waals surface area contributed by atoms with Gasteiger partial charge in [-0.15, -0.1) is 0 Å². The van der Waals surface area contributed by atoms with Crippen molar-refractivity contribution in [3.8, 4) is 5.75 Å². The van der Waals surface area contributed by atoms with Crippen LogP contribution >= 0.6 is 0 Å². The molecular weight excluding hydrogens is 418 g/mol. The van der Waals surface area contributed by atoms with Crippen molar-refractivity contribution in [3.63, 3.8) is 0 Å². The molecule has 2 amide bonds. The van der Waals surface area contributed by atoms with Crippen LogP contribution in [0.1, 0.15) is 60.5 Å². The molecule has 2 unspecified atom stereocenters. The molecule has 1 aromatic carbocycles. The van der Waals surface area contributed by atoms with E-state index in [0.29, 0.717) is 18.2 Å². The Kier molecular flexibility index (Phi) is 7.22. The van der Waals surface area contributed by atoms with Gasteiger partial charge in [-0.2, -0.15) is 0 Å². The smallest absolute Gasteiger partial charge is 0.416 e. The molecule has 1 saturated heterocycles. The van der Waals surface area contributed by atoms with Gasteiger partial charge in [0.1, 0.15) is 17.5 Å². The lowest BCUT2D eigenvalue weighted by molar-refractivity contribution is 0.0558. The van der Waals surface area contributed by atoms with Crippen molar-refractivity contribution in [2.45, 2.75) is 72.1 Å². The Morgan fingerprint density at radius 2 is 2.06 bits per heavy atom. The third-order valence-corrected chi connectivity index (χ3v) is 6.16. The van der Waals surface area contributed by atoms with E-state index in [0.717, 1.165) is 24.2 Å². The summed E-state index contributed by atoms with van der Waals surface area (Å²) in [5.41, 5.74) is 2.10. The Hall–Kier alpha value is -2.80. The van der Waals surface area contributed by atoms with Gasteiger partial charge in [-0.1, -0.05) is 39.0 Å². The molecule has 33 heavy (non-hydrogen) atoms. The summed E-state index contributed by atoms with van der Waals surface area (Å²) >= 11 is 0. The molecule has 3 rings (SSSR count). The normalized spacial score (nSPS) is 22.5. The molecule has 0 radical (unpaired) electrons. The predicted octanol–water partition coefficient (Wildman–Crippen LogP) is 5.27. The van der Waals surface area contributed by atoms with Crippen molar-refractivity contribution in [3.05, 3.63) is 47.6 Å². The maximum Gasteiger partial charge on any atom is 0.416 e. The summed E-state index contributed by atoms with van der Waals surface area (Å²) < 4.78 is 11.2. The zero-order chi connectivity index (χ0) is 24.4. The molecule has 1 fully saturated rings. The minimum Gasteiger partial charge on any atom is -0.443 e. The van der Waals surface area contributed by atoms with Crippen molar-refractivity contribution < 1.29 is 19.1 Å². The van der Waals surface area contributed by atoms with Gasteiger partial charge in [0.05, 0.1) is 5.69 Å². The Balaban J connectivity index is 1.72. The highest BCUT2D eigenvalue weighted by atomic mass is 16.6. The summed E-state index contributed by atoms with van der Waals surface area (Å²) in [5, 5.41) is 6.19. The summed E-state index contributed by atoms with van der Waals surface area (Å²) in [6.45, 7) is 15.1. The molecule has 2 heterocycles. The van der Waals surface area contributed by atoms with Gasteiger partial charge in [0.25, 0.3) is 0 Å². The fourth-order valence-corrected chi connectivity index (χ4v) is 4.49. The van der Waals surface area contributed by atoms with E-state index in [4.69, 9.17) is 9.47 Å². The summed E-state index contributed by atoms with van der Waals surface area (Å²) in [6.07, 6.45) is 5.77. The highest BCUT2D eigenvalue weighted by molar-refractivity contribution is 5.93. The van der Waals surface area contributed by atoms with Crippen LogP contribution in [0.15, 0.2) is 42.0 Å². The topological polar surface area (TPSA) is 79.9 Å². The molecule has 0 aromatic heterocycles. The second-order valence-corrected chi connectivity index (χ2v) is 10.2. The third-order valence-electron chi connectivity index (χ3n) is 6.16. The molecule has 0 bridgehead atoms. The lowest BCUT2D eigenvalue weighted by Gasteiger charge is -2.31. The first kappa shape index (κ1) is 24.8. The number of hydrogen-bond donors (Lipinski definition) is 2. The molecule has 0 saturated carbocycles. The Bertz CT molecular complexity index is 961. The van der Waals surface area contributed by atoms with Crippen LogP contribution in [0, 0.1) is 5.92 Å². The fourth-order valence-electron chi connectivity index (χ4n) is 4.49. The maximum atomic E-state index is 13.0. The molecule has 2 aliphatic rings. The summed E-state index contributed by atoms with van der Waals surface area (Å²) in [7, 11) is 0. The third kappa shape index (κ3) is 5.41. The van der Waals surface area contributed by atoms with Crippen molar-refractivity contribution in [1.82, 2.24) is 10.6 Å². The standard InChI is InChI=1S/C26H37N3O4/c1-8-18(17(2)3)10-9-14-28-23(30)32-19-11-12-21-20(16-19)26(7)13-15-27-22(26)29(21)24(31)33-25(4,5)6/h8-12,16-17,22,27H,13-15H2,1-7H3,(H,28,30). The first-order chi connectivity index (χ1) is 15.5. The fraction of sp³-hybridized carbons (Fsp3) is 0.538. The number of amides is 2. The summed E-state index contributed by atoms with van der Waals surface area (Å²) in [4.78, 5) is 27.0. The lowest BCUT2D eigenvalue weighted by Crippen LogP contribution is -2.50. The minimum atomic E-state index is -0.590. The number of benzene rings is 1. The van der Waals surface area contributed by atoms with E-state index >= 15 is 0 Å². The summed E-state index contributed by atoms with van der Waals surface area (Å²) in [6, 6.07) is 5.41. The predicted molar refractivity (Wildman–Crippen MR) is 131 cm³/mol. The number of hydrogen-bond acceptors (Lipinski definition) is 5. The van der Waals surface area contributed by atoms with Gasteiger partial charge < -0.3 is 14.8 Å². The Morgan fingerprint density at radius 1 is 1.33 bits per heavy atom. The van der Waals surface area contributed by atoms with Crippen LogP contribution in [0.3, 0.4) is 0 Å². The molecule has 2 atom stereocenters. The number of rotatable bonds is 5. The number of nitrogens with one attached hydrogen (secondary N) is 2. The highest BCUT2D eigenvalue weighted by Gasteiger charge is 2.53. The average molecular weight is 456 g/mol. The van der Waals surface area contributed by atoms with Gasteiger partial charge in [-0.05, 0) is 75.9 Å². The average Bonchev–Trinajstić information content (AvgIpc) is 3.19. The minimum absolute atomic E-state index is 0.196. The molecule has 7 heteroatoms. The van der Waals surface area contributed by atoms with Crippen molar-refractivity contribution in [1.29, 1.82) is 0 Å². The molecule has 2 N–H and O–H groups in total. The second kappa shape index (κ2) is 9.59. The monoisotopic (exact) mass is 455 g/mol. The van der Waals surface area contributed by atoms with E-state index in [1.165, 1.54) is 5.57 Å². The van der Waals surface area contributed by atoms with Gasteiger partial charge >= 0.3 is 12.2 Å². The molecule has 1 aromatic rings. The van der Waals surface area contributed by atoms with Gasteiger partial charge in [0.15, 0.2) is 0 Å². The SMILES string of the molecule is CC=C(C=CCNC(=O)Oc1ccc2c(c1)C1(C)CCNC1N2C(=O)OC(C)(C)C)C(C)C. The number of fused-ring (bicyclic) bond motifs is 3. The number of nitrogens with zero attached hydrogens (tertiary/aromatic N) is 1. The van der Waals surface area contributed by atoms with E-state index < -0.39 is 11.7 Å². The highest BCUT2D eigenvalue weighted by Crippen LogP contribution is 2.50. The second-order valence-electron chi connectivity index (χ2n) is 10.2. The number of carbonyl (C=O) groups is 2. The van der Waals surface area contributed by atoms with Crippen LogP contribution in [0.2, 0.25) is 0 Å². The first-order valence-corrected chi connectivity index (χ1v) is 11.6. The van der Waals surface area contributed by atoms with E-state index in [1.54, 1.807) is 11.0 Å². The number of anilines is 1. The van der Waals surface area contributed by atoms with E-state index in [2.05, 4.69) is 37.5 Å². The largest absolute Gasteiger partial charge is 0.443 e. The quantitative estimate of drug-likeness (QED) is 0.592. The van der Waals surface area contributed by atoms with Crippen molar-refractivity contribution >= 4 is 17.9 Å². The Morgan fingerprint density at radius 3 is 2.70 bits per heavy atom. The van der Waals surface area contributed by atoms with Crippen LogP contribution in [0.5, 0.6) is 5.75 Å². The molecule has 180 valence electrons. The molecule has 0 spiro atoms. The summed E-state index contributed by atoms with van der Waals surface area (Å²) in [5.74, 6) is 0.879. The van der Waals surface area contributed by atoms with Crippen molar-refractivity contribution in [2.75, 3.05) is 18.0 Å². The Labute approximate surface area is 197 Å². The van der Waals surface area contributed by atoms with E-state index in [1.807, 2.05) is 52.0 Å². The molecule has 7 nitrogen and oxygen atoms in total. The lowest BCUT2D eigenvalue weighted by atomic mass is 9.81. The van der Waals surface area contributed by atoms with Crippen LogP contribution in [0.4, 0.5) is 15.3 Å². The van der Waals surface area contributed by atoms with Crippen LogP contribution < -0.4 is 20.3 Å². The van der Waals surface area contributed by atoms with Gasteiger partial charge in [0, 0.05) is 12.0 Å².